The van der Waals surface area contributed by atoms with Gasteiger partial charge in [-0.25, -0.2) is 0 Å². The zero-order valence-corrected chi connectivity index (χ0v) is 27.0. The van der Waals surface area contributed by atoms with Gasteiger partial charge in [-0.2, -0.15) is 0 Å². The van der Waals surface area contributed by atoms with Gasteiger partial charge in [0.05, 0.1) is 0 Å². The van der Waals surface area contributed by atoms with E-state index in [1.54, 1.807) is 0 Å². The number of aryl methyl sites for hydroxylation is 1. The fourth-order valence-corrected chi connectivity index (χ4v) is 7.12. The van der Waals surface area contributed by atoms with Crippen LogP contribution >= 0.6 is 0 Å². The summed E-state index contributed by atoms with van der Waals surface area (Å²) in [7, 11) is 0. The van der Waals surface area contributed by atoms with E-state index in [9.17, 15) is 0 Å². The third-order valence-electron chi connectivity index (χ3n) is 9.62. The first-order chi connectivity index (χ1) is 23.2. The van der Waals surface area contributed by atoms with Crippen molar-refractivity contribution in [3.63, 3.8) is 0 Å². The molecule has 0 atom stereocenters. The maximum absolute atomic E-state index is 2.46. The molecule has 228 valence electrons. The predicted molar refractivity (Wildman–Crippen MR) is 203 cm³/mol. The van der Waals surface area contributed by atoms with Gasteiger partial charge in [0.25, 0.3) is 0 Å². The molecule has 0 N–H and O–H groups in total. The van der Waals surface area contributed by atoms with Crippen LogP contribution in [0.1, 0.15) is 41.7 Å². The van der Waals surface area contributed by atoms with Crippen LogP contribution in [0.2, 0.25) is 0 Å². The SMILES string of the molecule is CCN1Cc2ccccc2-c2cc(/C=C/c3ccc(-c4ccc(/C=C/c5ccc6c(c5)c5ccccc5n6CC)cc4)cc3)ccc21. The molecular formula is C45H38N2. The molecule has 0 bridgehead atoms. The van der Waals surface area contributed by atoms with Crippen LogP contribution in [0.3, 0.4) is 0 Å². The fourth-order valence-electron chi connectivity index (χ4n) is 7.12. The van der Waals surface area contributed by atoms with E-state index in [1.165, 1.54) is 77.6 Å². The number of anilines is 1. The van der Waals surface area contributed by atoms with Crippen molar-refractivity contribution in [2.24, 2.45) is 0 Å². The Hall–Kier alpha value is -5.60. The lowest BCUT2D eigenvalue weighted by Gasteiger charge is -2.32. The third kappa shape index (κ3) is 5.47. The number of fused-ring (bicyclic) bond motifs is 6. The Morgan fingerprint density at radius 3 is 1.77 bits per heavy atom. The Bertz CT molecular complexity index is 2280. The van der Waals surface area contributed by atoms with Gasteiger partial charge in [0.15, 0.2) is 0 Å². The molecule has 7 aromatic rings. The van der Waals surface area contributed by atoms with E-state index in [-0.39, 0.29) is 0 Å². The fraction of sp³-hybridized carbons (Fsp3) is 0.111. The van der Waals surface area contributed by atoms with Crippen LogP contribution in [-0.4, -0.2) is 11.1 Å². The second-order valence-corrected chi connectivity index (χ2v) is 12.4. The van der Waals surface area contributed by atoms with Crippen molar-refractivity contribution in [1.82, 2.24) is 4.57 Å². The normalized spacial score (nSPS) is 12.8. The summed E-state index contributed by atoms with van der Waals surface area (Å²) >= 11 is 0. The summed E-state index contributed by atoms with van der Waals surface area (Å²) in [5, 5.41) is 2.63. The highest BCUT2D eigenvalue weighted by Crippen LogP contribution is 2.39. The van der Waals surface area contributed by atoms with Crippen molar-refractivity contribution in [2.45, 2.75) is 26.9 Å². The zero-order valence-electron chi connectivity index (χ0n) is 27.0. The van der Waals surface area contributed by atoms with Gasteiger partial charge in [-0.15, -0.1) is 0 Å². The van der Waals surface area contributed by atoms with Gasteiger partial charge in [-0.1, -0.05) is 127 Å². The monoisotopic (exact) mass is 606 g/mol. The Morgan fingerprint density at radius 2 is 1.06 bits per heavy atom. The maximum atomic E-state index is 2.46. The van der Waals surface area contributed by atoms with Gasteiger partial charge in [0.2, 0.25) is 0 Å². The first-order valence-corrected chi connectivity index (χ1v) is 16.7. The largest absolute Gasteiger partial charge is 0.367 e. The van der Waals surface area contributed by atoms with Gasteiger partial charge >= 0.3 is 0 Å². The summed E-state index contributed by atoms with van der Waals surface area (Å²) in [5.41, 5.74) is 15.3. The third-order valence-corrected chi connectivity index (χ3v) is 9.62. The lowest BCUT2D eigenvalue weighted by Crippen LogP contribution is -2.26. The van der Waals surface area contributed by atoms with E-state index < -0.39 is 0 Å². The van der Waals surface area contributed by atoms with E-state index in [2.05, 4.69) is 181 Å². The number of hydrogen-bond donors (Lipinski definition) is 0. The number of rotatable bonds is 7. The van der Waals surface area contributed by atoms with Crippen LogP contribution in [0.25, 0.3) is 68.4 Å². The maximum Gasteiger partial charge on any atom is 0.0491 e. The molecule has 2 heterocycles. The number of nitrogens with zero attached hydrogens (tertiary/aromatic N) is 2. The molecule has 0 radical (unpaired) electrons. The second kappa shape index (κ2) is 12.3. The van der Waals surface area contributed by atoms with Crippen molar-refractivity contribution >= 4 is 51.8 Å². The summed E-state index contributed by atoms with van der Waals surface area (Å²) in [4.78, 5) is 2.46. The molecule has 8 rings (SSSR count). The molecule has 6 aromatic carbocycles. The van der Waals surface area contributed by atoms with Crippen LogP contribution < -0.4 is 4.90 Å². The van der Waals surface area contributed by atoms with Gasteiger partial charge < -0.3 is 9.47 Å². The minimum Gasteiger partial charge on any atom is -0.367 e. The van der Waals surface area contributed by atoms with Crippen molar-refractivity contribution in [1.29, 1.82) is 0 Å². The van der Waals surface area contributed by atoms with Gasteiger partial charge in [0.1, 0.15) is 0 Å². The molecule has 1 aliphatic rings. The summed E-state index contributed by atoms with van der Waals surface area (Å²) < 4.78 is 2.40. The van der Waals surface area contributed by atoms with Crippen molar-refractivity contribution in [3.8, 4) is 22.3 Å². The summed E-state index contributed by atoms with van der Waals surface area (Å²) in [6.45, 7) is 7.39. The number of para-hydroxylation sites is 1. The number of hydrogen-bond acceptors (Lipinski definition) is 1. The topological polar surface area (TPSA) is 8.17 Å². The van der Waals surface area contributed by atoms with Crippen molar-refractivity contribution in [3.05, 3.63) is 161 Å². The smallest absolute Gasteiger partial charge is 0.0491 e. The summed E-state index contributed by atoms with van der Waals surface area (Å²) in [6.07, 6.45) is 8.86. The molecule has 0 spiro atoms. The number of benzene rings is 6. The molecular weight excluding hydrogens is 569 g/mol. The van der Waals surface area contributed by atoms with Crippen molar-refractivity contribution < 1.29 is 0 Å². The minimum absolute atomic E-state index is 0.966. The molecule has 2 nitrogen and oxygen atoms in total. The van der Waals surface area contributed by atoms with E-state index in [1.807, 2.05) is 0 Å². The molecule has 0 aliphatic carbocycles. The molecule has 0 unspecified atom stereocenters. The predicted octanol–water partition coefficient (Wildman–Crippen LogP) is 11.8. The van der Waals surface area contributed by atoms with E-state index >= 15 is 0 Å². The first-order valence-electron chi connectivity index (χ1n) is 16.7. The van der Waals surface area contributed by atoms with Crippen LogP contribution in [0, 0.1) is 0 Å². The average Bonchev–Trinajstić information content (AvgIpc) is 3.46. The second-order valence-electron chi connectivity index (χ2n) is 12.4. The quantitative estimate of drug-likeness (QED) is 0.164. The van der Waals surface area contributed by atoms with Crippen LogP contribution in [0.4, 0.5) is 5.69 Å². The lowest BCUT2D eigenvalue weighted by atomic mass is 9.92. The summed E-state index contributed by atoms with van der Waals surface area (Å²) in [5.74, 6) is 0. The zero-order chi connectivity index (χ0) is 31.7. The standard InChI is InChI=1S/C45H38N2/c1-3-46-31-38-9-5-6-10-39(38)41-29-34(21-27-43(41)46)15-13-32-17-23-36(24-18-32)37-25-19-33(20-26-37)14-16-35-22-28-45-42(30-35)40-11-7-8-12-44(40)47(45)4-2/h5-30H,3-4,31H2,1-2H3/b15-13+,16-14+. The van der Waals surface area contributed by atoms with Crippen molar-refractivity contribution in [2.75, 3.05) is 11.4 Å². The van der Waals surface area contributed by atoms with Crippen LogP contribution in [0.5, 0.6) is 0 Å². The molecule has 0 fully saturated rings. The summed E-state index contributed by atoms with van der Waals surface area (Å²) in [6, 6.07) is 48.8. The molecule has 1 aliphatic heterocycles. The molecule has 2 heteroatoms. The van der Waals surface area contributed by atoms with E-state index in [0.29, 0.717) is 0 Å². The minimum atomic E-state index is 0.966. The van der Waals surface area contributed by atoms with E-state index in [4.69, 9.17) is 0 Å². The molecule has 0 amide bonds. The average molecular weight is 607 g/mol. The lowest BCUT2D eigenvalue weighted by molar-refractivity contribution is 0.823. The highest BCUT2D eigenvalue weighted by molar-refractivity contribution is 6.08. The van der Waals surface area contributed by atoms with E-state index in [0.717, 1.165) is 19.6 Å². The molecule has 47 heavy (non-hydrogen) atoms. The Balaban J connectivity index is 0.969. The van der Waals surface area contributed by atoms with Gasteiger partial charge in [-0.05, 0) is 88.7 Å². The van der Waals surface area contributed by atoms with Gasteiger partial charge in [0, 0.05) is 52.7 Å². The van der Waals surface area contributed by atoms with Crippen LogP contribution in [-0.2, 0) is 13.1 Å². The van der Waals surface area contributed by atoms with Crippen LogP contribution in [0.15, 0.2) is 133 Å². The Kier molecular flexibility index (Phi) is 7.55. The molecule has 0 saturated heterocycles. The highest BCUT2D eigenvalue weighted by atomic mass is 15.1. The number of aromatic nitrogens is 1. The highest BCUT2D eigenvalue weighted by Gasteiger charge is 2.20. The molecule has 0 saturated carbocycles. The Labute approximate surface area is 277 Å². The first kappa shape index (κ1) is 28.8. The van der Waals surface area contributed by atoms with Gasteiger partial charge in [-0.3, -0.25) is 0 Å². The molecule has 1 aromatic heterocycles. The Morgan fingerprint density at radius 1 is 0.489 bits per heavy atom.